The maximum absolute atomic E-state index is 13.1. The Balaban J connectivity index is 0.00000342. The zero-order chi connectivity index (χ0) is 24.1. The molecule has 0 spiro atoms. The van der Waals surface area contributed by atoms with Crippen molar-refractivity contribution in [2.45, 2.75) is 46.0 Å². The molecule has 1 amide bonds. The molecule has 2 aromatic heterocycles. The van der Waals surface area contributed by atoms with Crippen molar-refractivity contribution in [1.82, 2.24) is 24.5 Å². The molecule has 0 unspecified atom stereocenters. The fraction of sp³-hybridized carbons (Fsp3) is 0.308. The van der Waals surface area contributed by atoms with Crippen molar-refractivity contribution in [2.75, 3.05) is 6.61 Å². The average molecular weight is 477 g/mol. The van der Waals surface area contributed by atoms with E-state index in [0.29, 0.717) is 19.0 Å². The van der Waals surface area contributed by atoms with Gasteiger partial charge in [0, 0.05) is 12.4 Å². The number of amides is 1. The predicted octanol–water partition coefficient (Wildman–Crippen LogP) is 2.69. The Morgan fingerprint density at radius 3 is 2.29 bits per heavy atom. The molecule has 0 fully saturated rings. The van der Waals surface area contributed by atoms with Crippen molar-refractivity contribution >= 4 is 11.6 Å². The molecule has 0 saturated carbocycles. The summed E-state index contributed by atoms with van der Waals surface area (Å²) in [5.74, 6) is 0.0274. The van der Waals surface area contributed by atoms with Crippen LogP contribution in [-0.2, 0) is 22.7 Å². The van der Waals surface area contributed by atoms with Gasteiger partial charge in [-0.1, -0.05) is 68.1 Å². The zero-order valence-electron chi connectivity index (χ0n) is 19.2. The molecular formula is C26H32N6O3. The summed E-state index contributed by atoms with van der Waals surface area (Å²) < 4.78 is 9.04. The molecular weight excluding hydrogens is 444 g/mol. The molecule has 0 aliphatic heterocycles. The predicted molar refractivity (Wildman–Crippen MR) is 135 cm³/mol. The van der Waals surface area contributed by atoms with E-state index in [1.165, 1.54) is 0 Å². The molecule has 0 saturated heterocycles. The first-order chi connectivity index (χ1) is 16.3. The summed E-state index contributed by atoms with van der Waals surface area (Å²) in [4.78, 5) is 25.7. The molecule has 0 aliphatic rings. The second-order valence-electron chi connectivity index (χ2n) is 8.72. The van der Waals surface area contributed by atoms with Gasteiger partial charge in [0.05, 0.1) is 25.3 Å². The fourth-order valence-electron chi connectivity index (χ4n) is 3.48. The van der Waals surface area contributed by atoms with E-state index in [1.54, 1.807) is 35.2 Å². The summed E-state index contributed by atoms with van der Waals surface area (Å²) in [6.07, 6.45) is 3.41. The van der Waals surface area contributed by atoms with Crippen molar-refractivity contribution in [1.29, 1.82) is 0 Å². The number of nitrogens with two attached hydrogens (primary N) is 1. The highest BCUT2D eigenvalue weighted by Crippen LogP contribution is 2.15. The number of carbonyl (C=O) groups is 1. The van der Waals surface area contributed by atoms with Crippen LogP contribution in [0.5, 0.6) is 0 Å². The van der Waals surface area contributed by atoms with Gasteiger partial charge in [-0.2, -0.15) is 0 Å². The third-order valence-electron chi connectivity index (χ3n) is 5.36. The van der Waals surface area contributed by atoms with E-state index in [9.17, 15) is 9.59 Å². The molecule has 9 nitrogen and oxygen atoms in total. The maximum Gasteiger partial charge on any atom is 0.296 e. The molecule has 2 heterocycles. The topological polar surface area (TPSA) is 117 Å². The number of hydrogen-bond acceptors (Lipinski definition) is 6. The zero-order valence-corrected chi connectivity index (χ0v) is 19.2. The van der Waals surface area contributed by atoms with E-state index in [0.717, 1.165) is 11.1 Å². The van der Waals surface area contributed by atoms with Crippen molar-refractivity contribution in [3.8, 4) is 0 Å². The van der Waals surface area contributed by atoms with Gasteiger partial charge in [0.1, 0.15) is 6.04 Å². The lowest BCUT2D eigenvalue weighted by molar-refractivity contribution is -0.126. The molecule has 35 heavy (non-hydrogen) atoms. The highest BCUT2D eigenvalue weighted by Gasteiger charge is 2.28. The van der Waals surface area contributed by atoms with Gasteiger partial charge < -0.3 is 20.4 Å². The first-order valence-corrected chi connectivity index (χ1v) is 11.0. The molecule has 9 heteroatoms. The number of nitrogens with zero attached hydrogens (tertiary/aromatic N) is 4. The molecule has 2 aromatic carbocycles. The molecule has 0 radical (unpaired) electrons. The Morgan fingerprint density at radius 1 is 1.03 bits per heavy atom. The van der Waals surface area contributed by atoms with Crippen LogP contribution in [0.3, 0.4) is 0 Å². The number of carbonyl (C=O) groups excluding carboxylic acids is 1. The summed E-state index contributed by atoms with van der Waals surface area (Å²) in [5.41, 5.74) is 6.78. The highest BCUT2D eigenvalue weighted by molar-refractivity contribution is 5.85. The minimum absolute atomic E-state index is 0. The van der Waals surface area contributed by atoms with Crippen LogP contribution in [0.15, 0.2) is 77.9 Å². The summed E-state index contributed by atoms with van der Waals surface area (Å²) in [5, 5.41) is 11.2. The third kappa shape index (κ3) is 6.20. The van der Waals surface area contributed by atoms with Crippen LogP contribution in [0, 0.1) is 0 Å². The van der Waals surface area contributed by atoms with Gasteiger partial charge in [-0.3, -0.25) is 14.0 Å². The van der Waals surface area contributed by atoms with Crippen LogP contribution in [0.4, 0.5) is 0 Å². The quantitative estimate of drug-likeness (QED) is 0.384. The smallest absolute Gasteiger partial charge is 0.296 e. The van der Waals surface area contributed by atoms with Crippen LogP contribution >= 0.6 is 0 Å². The van der Waals surface area contributed by atoms with E-state index >= 15 is 0 Å². The second kappa shape index (κ2) is 11.1. The van der Waals surface area contributed by atoms with E-state index in [-0.39, 0.29) is 31.1 Å². The van der Waals surface area contributed by atoms with Crippen LogP contribution < -0.4 is 16.6 Å². The van der Waals surface area contributed by atoms with Gasteiger partial charge in [-0.25, -0.2) is 0 Å². The first kappa shape index (κ1) is 25.8. The summed E-state index contributed by atoms with van der Waals surface area (Å²) in [6, 6.07) is 18.7. The normalized spacial score (nSPS) is 12.2. The third-order valence-corrected chi connectivity index (χ3v) is 5.36. The molecule has 0 aliphatic carbocycles. The number of fused-ring (bicyclic) bond motifs is 1. The lowest BCUT2D eigenvalue weighted by Gasteiger charge is -2.23. The van der Waals surface area contributed by atoms with E-state index in [1.807, 2.05) is 60.7 Å². The van der Waals surface area contributed by atoms with Gasteiger partial charge in [-0.05, 0) is 25.0 Å². The van der Waals surface area contributed by atoms with Crippen LogP contribution in [0.25, 0.3) is 5.65 Å². The van der Waals surface area contributed by atoms with Crippen molar-refractivity contribution < 1.29 is 9.53 Å². The van der Waals surface area contributed by atoms with Crippen molar-refractivity contribution in [3.63, 3.8) is 0 Å². The number of hydrogen-bond donors (Lipinski definition) is 2. The largest absolute Gasteiger partial charge is 0.374 e. The summed E-state index contributed by atoms with van der Waals surface area (Å²) in [6.45, 7) is 4.15. The Morgan fingerprint density at radius 2 is 1.66 bits per heavy atom. The molecule has 1 atom stereocenters. The minimum atomic E-state index is -1.10. The lowest BCUT2D eigenvalue weighted by atomic mass is 10.1. The van der Waals surface area contributed by atoms with Crippen molar-refractivity contribution in [2.24, 2.45) is 5.73 Å². The SMILES string of the molecule is C.CC(C)(N)C(=O)N[C@H](COCc1ccccc1)c1nnc2c(=O)n(Cc3ccccc3)ccn12. The average Bonchev–Trinajstić information content (AvgIpc) is 3.26. The second-order valence-corrected chi connectivity index (χ2v) is 8.72. The summed E-state index contributed by atoms with van der Waals surface area (Å²) in [7, 11) is 0. The Bertz CT molecular complexity index is 1310. The van der Waals surface area contributed by atoms with Gasteiger partial charge in [0.25, 0.3) is 5.56 Å². The molecule has 4 rings (SSSR count). The monoisotopic (exact) mass is 476 g/mol. The standard InChI is InChI=1S/C25H28N6O3.CH4/c1-25(2,26)24(33)27-20(17-34-16-19-11-7-4-8-12-19)21-28-29-22-23(32)30(13-14-31(21)22)15-18-9-5-3-6-10-18;/h3-14,20H,15-17,26H2,1-2H3,(H,27,33);1H4/t20-;/m1./s1. The number of benzene rings is 2. The van der Waals surface area contributed by atoms with E-state index in [2.05, 4.69) is 15.5 Å². The van der Waals surface area contributed by atoms with Gasteiger partial charge >= 0.3 is 0 Å². The lowest BCUT2D eigenvalue weighted by Crippen LogP contribution is -2.51. The molecule has 4 aromatic rings. The number of rotatable bonds is 9. The summed E-state index contributed by atoms with van der Waals surface area (Å²) >= 11 is 0. The van der Waals surface area contributed by atoms with Gasteiger partial charge in [0.15, 0.2) is 5.82 Å². The van der Waals surface area contributed by atoms with Crippen LogP contribution in [-0.4, -0.2) is 37.2 Å². The number of nitrogens with one attached hydrogen (secondary N) is 1. The minimum Gasteiger partial charge on any atom is -0.374 e. The number of aromatic nitrogens is 4. The van der Waals surface area contributed by atoms with Gasteiger partial charge in [0.2, 0.25) is 11.6 Å². The Labute approximate surface area is 204 Å². The Kier molecular flexibility index (Phi) is 8.16. The molecule has 0 bridgehead atoms. The highest BCUT2D eigenvalue weighted by atomic mass is 16.5. The van der Waals surface area contributed by atoms with Crippen molar-refractivity contribution in [3.05, 3.63) is 100 Å². The van der Waals surface area contributed by atoms with E-state index in [4.69, 9.17) is 10.5 Å². The fourth-order valence-corrected chi connectivity index (χ4v) is 3.48. The van der Waals surface area contributed by atoms with Crippen LogP contribution in [0.2, 0.25) is 0 Å². The first-order valence-electron chi connectivity index (χ1n) is 11.0. The molecule has 3 N–H and O–H groups in total. The number of ether oxygens (including phenoxy) is 1. The molecule has 184 valence electrons. The Hall–Kier alpha value is -3.82. The van der Waals surface area contributed by atoms with Gasteiger partial charge in [-0.15, -0.1) is 10.2 Å². The maximum atomic E-state index is 13.1. The van der Waals surface area contributed by atoms with E-state index < -0.39 is 11.6 Å². The van der Waals surface area contributed by atoms with Crippen LogP contribution in [0.1, 0.15) is 44.3 Å².